The van der Waals surface area contributed by atoms with E-state index in [4.69, 9.17) is 22.8 Å². The molecule has 0 heterocycles. The molecule has 1 N–H and O–H groups in total. The number of hydrogen-bond donors (Lipinski definition) is 0. The van der Waals surface area contributed by atoms with Crippen molar-refractivity contribution < 1.29 is 20.8 Å². The largest absolute Gasteiger partial charge is 0.179 e. The summed E-state index contributed by atoms with van der Waals surface area (Å²) in [5, 5.41) is 0. The maximum absolute atomic E-state index is 6.94. The number of rotatable bonds is 0. The maximum atomic E-state index is 6.94. The zero-order chi connectivity index (χ0) is 18.6. The van der Waals surface area contributed by atoms with Gasteiger partial charge >= 0.3 is 37.9 Å². The minimum atomic E-state index is -0.826. The molecule has 0 amide bonds. The molecule has 129 valence electrons. The van der Waals surface area contributed by atoms with Crippen LogP contribution in [-0.2, 0) is 27.3 Å². The summed E-state index contributed by atoms with van der Waals surface area (Å²) in [6.07, 6.45) is 1.05. The van der Waals surface area contributed by atoms with Crippen molar-refractivity contribution in [2.75, 3.05) is 0 Å². The predicted molar refractivity (Wildman–Crippen MR) is 108 cm³/mol. The van der Waals surface area contributed by atoms with Crippen LogP contribution in [0.2, 0.25) is 13.1 Å². The third-order valence-electron chi connectivity index (χ3n) is 2.62. The first kappa shape index (κ1) is 24.1. The molecule has 1 aliphatic rings. The molecule has 0 unspecified atom stereocenters. The fourth-order valence-corrected chi connectivity index (χ4v) is 2.00. The zero-order valence-electron chi connectivity index (χ0n) is 15.1. The van der Waals surface area contributed by atoms with Crippen LogP contribution in [0.4, 0.5) is 0 Å². The molecule has 2 aromatic carbocycles. The second kappa shape index (κ2) is 13.3. The summed E-state index contributed by atoms with van der Waals surface area (Å²) < 4.78 is 0. The van der Waals surface area contributed by atoms with Gasteiger partial charge in [-0.2, -0.15) is 29.8 Å². The van der Waals surface area contributed by atoms with Gasteiger partial charge in [0.05, 0.1) is 0 Å². The third-order valence-corrected chi connectivity index (χ3v) is 2.62. The van der Waals surface area contributed by atoms with Gasteiger partial charge in [0.2, 0.25) is 0 Å². The standard InChI is InChI=1S/C13H9.C4H10N.C2H7Si.2ClH.Zr/c1-3-7-12-10(5-1)9-11-6-2-4-8-13(11)12;1-4(2,3)5;1-3-2;;;/h1-5,7-8H,9H2;5H,1-3H3;3H,1-2H3;2*1H;/q2*-1;;;;+4/p-2. The molecule has 24 heavy (non-hydrogen) atoms. The van der Waals surface area contributed by atoms with Gasteiger partial charge in [0.25, 0.3) is 0 Å². The number of fused-ring (bicyclic) bond motifs is 3. The molecule has 0 aromatic heterocycles. The minimum absolute atomic E-state index is 0.250. The van der Waals surface area contributed by atoms with E-state index in [1.54, 1.807) is 0 Å². The fraction of sp³-hybridized carbons (Fsp3) is 0.368. The molecule has 1 aliphatic carbocycles. The van der Waals surface area contributed by atoms with E-state index >= 15 is 0 Å². The van der Waals surface area contributed by atoms with E-state index in [-0.39, 0.29) is 5.54 Å². The summed E-state index contributed by atoms with van der Waals surface area (Å²) in [5.41, 5.74) is 12.2. The Morgan fingerprint density at radius 2 is 1.50 bits per heavy atom. The zero-order valence-corrected chi connectivity index (χ0v) is 20.2. The molecule has 0 spiro atoms. The number of hydrogen-bond acceptors (Lipinski definition) is 0. The van der Waals surface area contributed by atoms with Crippen LogP contribution >= 0.6 is 17.0 Å². The average Bonchev–Trinajstić information content (AvgIpc) is 2.86. The normalized spacial score (nSPS) is 10.3. The smallest absolute Gasteiger partial charge is 0.0253 e. The van der Waals surface area contributed by atoms with Gasteiger partial charge < -0.3 is 5.73 Å². The first-order chi connectivity index (χ1) is 11.3. The Kier molecular flexibility index (Phi) is 13.4. The van der Waals surface area contributed by atoms with Crippen LogP contribution in [0.5, 0.6) is 0 Å². The summed E-state index contributed by atoms with van der Waals surface area (Å²) in [7, 11) is 10.6. The van der Waals surface area contributed by atoms with Crippen LogP contribution in [0, 0.1) is 6.07 Å². The number of nitrogens with one attached hydrogen (secondary N) is 1. The molecule has 3 rings (SSSR count). The van der Waals surface area contributed by atoms with Gasteiger partial charge in [-0.3, -0.25) is 0 Å². The number of halogens is 2. The van der Waals surface area contributed by atoms with Crippen molar-refractivity contribution in [1.29, 1.82) is 0 Å². The second-order valence-corrected chi connectivity index (χ2v) is 11.2. The van der Waals surface area contributed by atoms with Crippen LogP contribution in [0.15, 0.2) is 42.5 Å². The molecule has 0 aliphatic heterocycles. The van der Waals surface area contributed by atoms with Crippen molar-refractivity contribution in [3.8, 4) is 11.1 Å². The summed E-state index contributed by atoms with van der Waals surface area (Å²) in [4.78, 5) is 0. The van der Waals surface area contributed by atoms with Crippen molar-refractivity contribution in [2.45, 2.75) is 45.8 Å². The van der Waals surface area contributed by atoms with Crippen LogP contribution in [0.3, 0.4) is 0 Å². The molecule has 0 saturated heterocycles. The van der Waals surface area contributed by atoms with Gasteiger partial charge in [0.1, 0.15) is 0 Å². The van der Waals surface area contributed by atoms with E-state index in [9.17, 15) is 0 Å². The van der Waals surface area contributed by atoms with E-state index in [1.807, 2.05) is 26.8 Å². The fourth-order valence-electron chi connectivity index (χ4n) is 2.00. The summed E-state index contributed by atoms with van der Waals surface area (Å²) in [6, 6.07) is 18.1. The molecule has 5 heteroatoms. The third kappa shape index (κ3) is 10.8. The predicted octanol–water partition coefficient (Wildman–Crippen LogP) is 6.79. The molecule has 0 atom stereocenters. The average molecular weight is 459 g/mol. The molecule has 0 bridgehead atoms. The van der Waals surface area contributed by atoms with Gasteiger partial charge in [-0.15, -0.1) is 11.1 Å². The SMILES string of the molecule is CC(C)(C)[NH-].C[SiH]C.[Cl][Zr+2][Cl].[c-]1cccc2c1Cc1ccccc1-2. The first-order valence-corrected chi connectivity index (χ1v) is 16.5. The molecule has 0 fully saturated rings. The Hall–Kier alpha value is 0.0800. The van der Waals surface area contributed by atoms with Gasteiger partial charge in [-0.25, -0.2) is 0 Å². The summed E-state index contributed by atoms with van der Waals surface area (Å²) >= 11 is -0.826. The Balaban J connectivity index is 0.000000406. The van der Waals surface area contributed by atoms with E-state index in [0.29, 0.717) is 0 Å². The summed E-state index contributed by atoms with van der Waals surface area (Å²) in [6.45, 7) is 9.98. The maximum Gasteiger partial charge on any atom is -0.0253 e. The minimum Gasteiger partial charge on any atom is -0.179 e. The van der Waals surface area contributed by atoms with Crippen LogP contribution in [-0.4, -0.2) is 15.1 Å². The van der Waals surface area contributed by atoms with Crippen molar-refractivity contribution in [3.05, 3.63) is 65.4 Å². The van der Waals surface area contributed by atoms with Crippen molar-refractivity contribution in [1.82, 2.24) is 0 Å². The van der Waals surface area contributed by atoms with Gasteiger partial charge in [-0.1, -0.05) is 69.3 Å². The van der Waals surface area contributed by atoms with E-state index in [2.05, 4.69) is 55.6 Å². The molecule has 1 nitrogen and oxygen atoms in total. The Morgan fingerprint density at radius 1 is 1.04 bits per heavy atom. The molecular formula is C19H26Cl2NSiZr. The first-order valence-electron chi connectivity index (χ1n) is 7.81. The molecule has 1 radical (unpaired) electrons. The van der Waals surface area contributed by atoms with E-state index < -0.39 is 20.8 Å². The van der Waals surface area contributed by atoms with Crippen LogP contribution in [0.1, 0.15) is 31.9 Å². The molecular weight excluding hydrogens is 432 g/mol. The van der Waals surface area contributed by atoms with E-state index in [1.165, 1.54) is 22.3 Å². The Labute approximate surface area is 168 Å². The monoisotopic (exact) mass is 456 g/mol. The van der Waals surface area contributed by atoms with Crippen molar-refractivity contribution in [3.63, 3.8) is 0 Å². The van der Waals surface area contributed by atoms with Crippen molar-refractivity contribution in [2.24, 2.45) is 0 Å². The number of benzene rings is 2. The molecule has 2 aromatic rings. The van der Waals surface area contributed by atoms with E-state index in [0.717, 1.165) is 15.9 Å². The second-order valence-electron chi connectivity index (χ2n) is 6.30. The topological polar surface area (TPSA) is 23.8 Å². The van der Waals surface area contributed by atoms with Gasteiger partial charge in [-0.05, 0) is 6.42 Å². The van der Waals surface area contributed by atoms with Gasteiger partial charge in [0, 0.05) is 9.52 Å². The quantitative estimate of drug-likeness (QED) is 0.262. The molecule has 0 saturated carbocycles. The van der Waals surface area contributed by atoms with Crippen LogP contribution in [0.25, 0.3) is 16.9 Å². The van der Waals surface area contributed by atoms with Gasteiger partial charge in [0.15, 0.2) is 0 Å². The Bertz CT molecular complexity index is 534. The summed E-state index contributed by atoms with van der Waals surface area (Å²) in [5.74, 6) is 0. The van der Waals surface area contributed by atoms with Crippen molar-refractivity contribution >= 4 is 26.5 Å². The Morgan fingerprint density at radius 3 is 2.04 bits per heavy atom. The van der Waals surface area contributed by atoms with Crippen LogP contribution < -0.4 is 0 Å².